The second-order valence-electron chi connectivity index (χ2n) is 0.354. The fourth-order valence-corrected chi connectivity index (χ4v) is 0. The van der Waals surface area contributed by atoms with Gasteiger partial charge < -0.3 is 24.8 Å². The molecule has 0 heterocycles. The summed E-state index contributed by atoms with van der Waals surface area (Å²) < 4.78 is 0. The van der Waals surface area contributed by atoms with E-state index in [0.717, 1.165) is 6.42 Å². The molecule has 0 fully saturated rings. The van der Waals surface area contributed by atoms with Crippen LogP contribution in [0.4, 0.5) is 0 Å². The van der Waals surface area contributed by atoms with Gasteiger partial charge in [-0.15, -0.1) is 0 Å². The van der Waals surface area contributed by atoms with Gasteiger partial charge in [0, 0.05) is 6.92 Å². The molecule has 0 nitrogen and oxygen atoms in total. The molecule has 0 atom stereocenters. The predicted octanol–water partition coefficient (Wildman–Crippen LogP) is -4.95. The van der Waals surface area contributed by atoms with Crippen LogP contribution in [0.15, 0.2) is 0 Å². The third kappa shape index (κ3) is 66.1. The van der Waals surface area contributed by atoms with Crippen LogP contribution in [0.1, 0.15) is 6.42 Å². The molecule has 0 aromatic heterocycles. The molecule has 0 aliphatic heterocycles. The van der Waals surface area contributed by atoms with E-state index in [9.17, 15) is 0 Å². The van der Waals surface area contributed by atoms with Gasteiger partial charge in [0.2, 0.25) is 0 Å². The van der Waals surface area contributed by atoms with Crippen LogP contribution in [-0.4, -0.2) is 0 Å². The Kier molecular flexibility index (Phi) is 159. The summed E-state index contributed by atoms with van der Waals surface area (Å²) >= 11 is 0. The van der Waals surface area contributed by atoms with Gasteiger partial charge in [0.1, 0.15) is 0 Å². The van der Waals surface area contributed by atoms with Crippen LogP contribution < -0.4 is 24.8 Å². The summed E-state index contributed by atoms with van der Waals surface area (Å²) in [6, 6.07) is 0. The second-order valence-corrected chi connectivity index (χ2v) is 0.354. The van der Waals surface area contributed by atoms with Crippen LogP contribution in [-0.2, 0) is 21.7 Å². The molecular weight excluding hydrogens is 155 g/mol. The normalized spacial score (nSPS) is 2.83. The molecule has 0 bridgehead atoms. The van der Waals surface area contributed by atoms with Crippen LogP contribution in [0.3, 0.4) is 0 Å². The molecule has 36 valence electrons. The van der Waals surface area contributed by atoms with Gasteiger partial charge in [0.05, 0.1) is 0 Å². The molecule has 3 heteroatoms. The van der Waals surface area contributed by atoms with E-state index in [1.54, 1.807) is 0 Å². The van der Waals surface area contributed by atoms with Crippen molar-refractivity contribution in [1.29, 1.82) is 0 Å². The van der Waals surface area contributed by atoms with Gasteiger partial charge in [-0.2, -0.15) is 0 Å². The molecule has 0 radical (unpaired) electrons. The smallest absolute Gasteiger partial charge is 1.00 e. The zero-order valence-electron chi connectivity index (χ0n) is 3.38. The molecule has 0 aromatic rings. The summed E-state index contributed by atoms with van der Waals surface area (Å²) in [6.45, 7) is 6.75. The van der Waals surface area contributed by atoms with Gasteiger partial charge in [0.25, 0.3) is 0 Å². The van der Waals surface area contributed by atoms with Crippen LogP contribution in [0.25, 0.3) is 0 Å². The first kappa shape index (κ1) is 27.2. The number of hydrogen-bond donors (Lipinski definition) is 0. The van der Waals surface area contributed by atoms with Gasteiger partial charge in [-0.05, 0) is 6.42 Å². The Labute approximate surface area is 66.8 Å². The Morgan fingerprint density at radius 3 is 1.33 bits per heavy atom. The van der Waals surface area contributed by atoms with Crippen molar-refractivity contribution in [2.45, 2.75) is 6.42 Å². The first-order valence-corrected chi connectivity index (χ1v) is 1.000. The minimum Gasteiger partial charge on any atom is -1.00 e. The molecule has 0 N–H and O–H groups in total. The van der Waals surface area contributed by atoms with E-state index in [-0.39, 0.29) is 46.5 Å². The molecule has 0 unspecified atom stereocenters. The summed E-state index contributed by atoms with van der Waals surface area (Å²) in [5, 5.41) is 0. The Balaban J connectivity index is -0.00000000667. The predicted molar refractivity (Wildman–Crippen MR) is 15.3 cm³/mol. The minimum atomic E-state index is 0. The van der Waals surface area contributed by atoms with E-state index >= 15 is 0 Å². The molecule has 0 aliphatic carbocycles. The Morgan fingerprint density at radius 2 is 1.33 bits per heavy atom. The summed E-state index contributed by atoms with van der Waals surface area (Å²) in [5.74, 6) is 0. The van der Waals surface area contributed by atoms with Crippen LogP contribution in [0, 0.1) is 13.8 Å². The summed E-state index contributed by atoms with van der Waals surface area (Å²) in [5.41, 5.74) is 0. The number of halogens is 2. The Bertz CT molecular complexity index is 8.75. The van der Waals surface area contributed by atoms with E-state index in [2.05, 4.69) is 13.8 Å². The molecular formula is C3H6Cl2Ti. The van der Waals surface area contributed by atoms with E-state index in [0.29, 0.717) is 0 Å². The summed E-state index contributed by atoms with van der Waals surface area (Å²) in [7, 11) is 0. The van der Waals surface area contributed by atoms with E-state index in [1.807, 2.05) is 0 Å². The van der Waals surface area contributed by atoms with Crippen LogP contribution in [0.2, 0.25) is 0 Å². The summed E-state index contributed by atoms with van der Waals surface area (Å²) in [4.78, 5) is 0. The SMILES string of the molecule is [CH2+]C[CH2-].[Cl-].[Cl-].[Ti+2]. The Morgan fingerprint density at radius 1 is 1.33 bits per heavy atom. The first-order chi connectivity index (χ1) is 1.41. The van der Waals surface area contributed by atoms with E-state index < -0.39 is 0 Å². The molecule has 0 saturated carbocycles. The van der Waals surface area contributed by atoms with Crippen molar-refractivity contribution in [1.82, 2.24) is 0 Å². The van der Waals surface area contributed by atoms with Gasteiger partial charge in [-0.1, -0.05) is 0 Å². The van der Waals surface area contributed by atoms with Crippen molar-refractivity contribution in [2.75, 3.05) is 0 Å². The zero-order chi connectivity index (χ0) is 2.71. The summed E-state index contributed by atoms with van der Waals surface area (Å²) in [6.07, 6.45) is 0.750. The molecule has 0 spiro atoms. The molecule has 0 amide bonds. The third-order valence-corrected chi connectivity index (χ3v) is 0. The van der Waals surface area contributed by atoms with Gasteiger partial charge in [-0.3, -0.25) is 6.92 Å². The van der Waals surface area contributed by atoms with Crippen molar-refractivity contribution in [3.63, 3.8) is 0 Å². The largest absolute Gasteiger partial charge is 2.00 e. The van der Waals surface area contributed by atoms with Crippen molar-refractivity contribution >= 4 is 0 Å². The average molecular weight is 161 g/mol. The fourth-order valence-electron chi connectivity index (χ4n) is 0. The topological polar surface area (TPSA) is 0 Å². The van der Waals surface area contributed by atoms with Gasteiger partial charge in [0.15, 0.2) is 0 Å². The van der Waals surface area contributed by atoms with Crippen LogP contribution >= 0.6 is 0 Å². The Hall–Kier alpha value is 1.16. The first-order valence-electron chi connectivity index (χ1n) is 1.000. The van der Waals surface area contributed by atoms with E-state index in [1.165, 1.54) is 0 Å². The monoisotopic (exact) mass is 160 g/mol. The van der Waals surface area contributed by atoms with Crippen molar-refractivity contribution in [2.24, 2.45) is 0 Å². The maximum absolute atomic E-state index is 3.38. The standard InChI is InChI=1S/C3H6.2ClH.Ti/c1-3-2;;;/h1-3H2;2*1H;/q;;;+2/p-2. The van der Waals surface area contributed by atoms with Crippen molar-refractivity contribution in [3.8, 4) is 0 Å². The molecule has 0 rings (SSSR count). The van der Waals surface area contributed by atoms with Gasteiger partial charge in [-0.25, -0.2) is 0 Å². The third-order valence-electron chi connectivity index (χ3n) is 0. The second kappa shape index (κ2) is 35.1. The van der Waals surface area contributed by atoms with E-state index in [4.69, 9.17) is 0 Å². The minimum absolute atomic E-state index is 0. The molecule has 0 saturated heterocycles. The maximum Gasteiger partial charge on any atom is 2.00 e. The molecule has 6 heavy (non-hydrogen) atoms. The van der Waals surface area contributed by atoms with Crippen molar-refractivity contribution in [3.05, 3.63) is 13.8 Å². The maximum atomic E-state index is 3.38. The van der Waals surface area contributed by atoms with Gasteiger partial charge >= 0.3 is 21.7 Å². The quantitative estimate of drug-likeness (QED) is 0.246. The number of rotatable bonds is 0. The fraction of sp³-hybridized carbons (Fsp3) is 0.333. The van der Waals surface area contributed by atoms with Crippen LogP contribution in [0.5, 0.6) is 0 Å². The average Bonchev–Trinajstić information content (AvgIpc) is 0.918. The zero-order valence-corrected chi connectivity index (χ0v) is 6.45. The molecule has 0 aliphatic rings. The molecule has 0 aromatic carbocycles. The van der Waals surface area contributed by atoms with Crippen molar-refractivity contribution < 1.29 is 46.5 Å². The number of hydrogen-bond acceptors (Lipinski definition) is 0.